The number of rotatable bonds is 0. The summed E-state index contributed by atoms with van der Waals surface area (Å²) in [7, 11) is 0. The molecule has 62 valence electrons. The molecule has 6 heteroatoms. The van der Waals surface area contributed by atoms with Gasteiger partial charge in [-0.2, -0.15) is 0 Å². The van der Waals surface area contributed by atoms with E-state index in [0.717, 1.165) is 0 Å². The number of aliphatic hydroxyl groups excluding tert-OH is 3. The molecule has 1 aliphatic rings. The molecule has 0 amide bonds. The number of hydrogen-bond donors (Lipinski definition) is 3. The Labute approximate surface area is 61.0 Å². The molecule has 0 bridgehead atoms. The first-order chi connectivity index (χ1) is 5.04. The van der Waals surface area contributed by atoms with E-state index in [1.807, 2.05) is 0 Å². The highest BCUT2D eigenvalue weighted by Gasteiger charge is 2.42. The van der Waals surface area contributed by atoms with Crippen LogP contribution in [0.3, 0.4) is 0 Å². The number of aliphatic hydroxyl groups is 3. The number of ketones is 1. The Morgan fingerprint density at radius 3 is 2.27 bits per heavy atom. The molecule has 0 aliphatic carbocycles. The van der Waals surface area contributed by atoms with Crippen LogP contribution in [0.25, 0.3) is 0 Å². The first kappa shape index (κ1) is 8.12. The molecule has 3 N–H and O–H groups in total. The summed E-state index contributed by atoms with van der Waals surface area (Å²) < 4.78 is 3.94. The monoisotopic (exact) mass is 162 g/mol. The molecule has 1 rings (SSSR count). The molecular weight excluding hydrogens is 156 g/mol. The van der Waals surface area contributed by atoms with Gasteiger partial charge in [0.05, 0.1) is 0 Å². The molecule has 3 unspecified atom stereocenters. The molecule has 0 radical (unpaired) electrons. The first-order valence-corrected chi connectivity index (χ1v) is 2.83. The molecule has 1 saturated heterocycles. The third-order valence-electron chi connectivity index (χ3n) is 1.31. The average molecular weight is 162 g/mol. The Balaban J connectivity index is 2.78. The second-order valence-electron chi connectivity index (χ2n) is 2.10. The lowest BCUT2D eigenvalue weighted by atomic mass is 10.1. The Bertz CT molecular complexity index is 199. The summed E-state index contributed by atoms with van der Waals surface area (Å²) in [5.41, 5.74) is 0. The normalized spacial score (nSPS) is 38.6. The number of ether oxygens (including phenoxy) is 1. The maximum Gasteiger partial charge on any atom is 0.379 e. The largest absolute Gasteiger partial charge is 0.427 e. The molecule has 1 aliphatic heterocycles. The van der Waals surface area contributed by atoms with Crippen LogP contribution in [0.5, 0.6) is 0 Å². The Morgan fingerprint density at radius 1 is 1.18 bits per heavy atom. The second-order valence-corrected chi connectivity index (χ2v) is 2.10. The number of hydrogen-bond acceptors (Lipinski definition) is 6. The maximum atomic E-state index is 10.5. The van der Waals surface area contributed by atoms with Gasteiger partial charge in [-0.3, -0.25) is 4.79 Å². The summed E-state index contributed by atoms with van der Waals surface area (Å²) >= 11 is 0. The molecule has 1 fully saturated rings. The fourth-order valence-electron chi connectivity index (χ4n) is 0.669. The van der Waals surface area contributed by atoms with Gasteiger partial charge in [0.15, 0.2) is 6.10 Å². The predicted octanol–water partition coefficient (Wildman–Crippen LogP) is -2.85. The zero-order valence-corrected chi connectivity index (χ0v) is 5.30. The van der Waals surface area contributed by atoms with E-state index in [2.05, 4.69) is 4.74 Å². The Kier molecular flexibility index (Phi) is 1.90. The van der Waals surface area contributed by atoms with Crippen molar-refractivity contribution in [3.8, 4) is 0 Å². The molecule has 0 saturated carbocycles. The van der Waals surface area contributed by atoms with Gasteiger partial charge in [0.2, 0.25) is 6.29 Å². The smallest absolute Gasteiger partial charge is 0.379 e. The van der Waals surface area contributed by atoms with E-state index < -0.39 is 30.3 Å². The lowest BCUT2D eigenvalue weighted by molar-refractivity contribution is -0.217. The highest BCUT2D eigenvalue weighted by molar-refractivity contribution is 6.36. The second kappa shape index (κ2) is 2.57. The molecule has 11 heavy (non-hydrogen) atoms. The quantitative estimate of drug-likeness (QED) is 0.261. The number of esters is 1. The predicted molar refractivity (Wildman–Crippen MR) is 29.1 cm³/mol. The van der Waals surface area contributed by atoms with Crippen LogP contribution in [-0.4, -0.2) is 45.6 Å². The zero-order valence-electron chi connectivity index (χ0n) is 5.30. The molecule has 1 heterocycles. The minimum atomic E-state index is -1.88. The van der Waals surface area contributed by atoms with Gasteiger partial charge in [0.1, 0.15) is 6.10 Å². The van der Waals surface area contributed by atoms with Crippen LogP contribution >= 0.6 is 0 Å². The van der Waals surface area contributed by atoms with Gasteiger partial charge >= 0.3 is 5.97 Å². The van der Waals surface area contributed by atoms with Crippen LogP contribution in [-0.2, 0) is 14.3 Å². The SMILES string of the molecule is O=C1OC(O)C(O)C(O)C1=O. The lowest BCUT2D eigenvalue weighted by Gasteiger charge is -2.25. The highest BCUT2D eigenvalue weighted by Crippen LogP contribution is 2.10. The van der Waals surface area contributed by atoms with Crippen LogP contribution in [0.1, 0.15) is 0 Å². The van der Waals surface area contributed by atoms with E-state index in [-0.39, 0.29) is 0 Å². The van der Waals surface area contributed by atoms with Crippen molar-refractivity contribution in [2.24, 2.45) is 0 Å². The minimum absolute atomic E-state index is 1.25. The van der Waals surface area contributed by atoms with Gasteiger partial charge in [-0.25, -0.2) is 4.79 Å². The van der Waals surface area contributed by atoms with Gasteiger partial charge in [-0.15, -0.1) is 0 Å². The van der Waals surface area contributed by atoms with Crippen LogP contribution < -0.4 is 0 Å². The fourth-order valence-corrected chi connectivity index (χ4v) is 0.669. The molecule has 0 aromatic carbocycles. The Morgan fingerprint density at radius 2 is 1.73 bits per heavy atom. The zero-order chi connectivity index (χ0) is 8.59. The van der Waals surface area contributed by atoms with Crippen molar-refractivity contribution in [3.63, 3.8) is 0 Å². The Hall–Kier alpha value is -0.980. The van der Waals surface area contributed by atoms with Crippen LogP contribution in [0, 0.1) is 0 Å². The van der Waals surface area contributed by atoms with Crippen LogP contribution in [0.4, 0.5) is 0 Å². The van der Waals surface area contributed by atoms with E-state index >= 15 is 0 Å². The molecule has 0 spiro atoms. The van der Waals surface area contributed by atoms with Gasteiger partial charge in [0.25, 0.3) is 5.78 Å². The lowest BCUT2D eigenvalue weighted by Crippen LogP contribution is -2.52. The first-order valence-electron chi connectivity index (χ1n) is 2.83. The summed E-state index contributed by atoms with van der Waals surface area (Å²) in [6.45, 7) is 0. The van der Waals surface area contributed by atoms with E-state index in [1.165, 1.54) is 0 Å². The number of carbonyl (C=O) groups excluding carboxylic acids is 2. The molecule has 3 atom stereocenters. The van der Waals surface area contributed by atoms with Crippen molar-refractivity contribution in [1.29, 1.82) is 0 Å². The molecule has 0 aromatic rings. The summed E-state index contributed by atoms with van der Waals surface area (Å²) in [4.78, 5) is 20.8. The van der Waals surface area contributed by atoms with Gasteiger partial charge in [-0.05, 0) is 0 Å². The van der Waals surface area contributed by atoms with Crippen molar-refractivity contribution in [3.05, 3.63) is 0 Å². The standard InChI is InChI=1S/C5H6O6/c6-1-2(7)4(9)11-5(10)3(1)8/h1-2,4,6-7,9H. The van der Waals surface area contributed by atoms with Crippen molar-refractivity contribution in [1.82, 2.24) is 0 Å². The van der Waals surface area contributed by atoms with E-state index in [9.17, 15) is 9.59 Å². The average Bonchev–Trinajstić information content (AvgIpc) is 1.97. The topological polar surface area (TPSA) is 104 Å². The molecule has 6 nitrogen and oxygen atoms in total. The highest BCUT2D eigenvalue weighted by atomic mass is 16.7. The van der Waals surface area contributed by atoms with Crippen molar-refractivity contribution in [2.75, 3.05) is 0 Å². The third-order valence-corrected chi connectivity index (χ3v) is 1.31. The van der Waals surface area contributed by atoms with Gasteiger partial charge < -0.3 is 20.1 Å². The number of cyclic esters (lactones) is 1. The number of Topliss-reactive ketones (excluding diaryl/α,β-unsaturated/α-hetero) is 1. The van der Waals surface area contributed by atoms with E-state index in [1.54, 1.807) is 0 Å². The molecule has 0 aromatic heterocycles. The number of carbonyl (C=O) groups is 2. The van der Waals surface area contributed by atoms with Crippen LogP contribution in [0.2, 0.25) is 0 Å². The van der Waals surface area contributed by atoms with Crippen LogP contribution in [0.15, 0.2) is 0 Å². The minimum Gasteiger partial charge on any atom is -0.427 e. The van der Waals surface area contributed by atoms with Crippen molar-refractivity contribution in [2.45, 2.75) is 18.5 Å². The molecular formula is C5H6O6. The van der Waals surface area contributed by atoms with E-state index in [4.69, 9.17) is 15.3 Å². The van der Waals surface area contributed by atoms with E-state index in [0.29, 0.717) is 0 Å². The summed E-state index contributed by atoms with van der Waals surface area (Å²) in [6.07, 6.45) is -5.46. The van der Waals surface area contributed by atoms with Crippen molar-refractivity contribution >= 4 is 11.8 Å². The summed E-state index contributed by atoms with van der Waals surface area (Å²) in [5, 5.41) is 26.1. The maximum absolute atomic E-state index is 10.5. The van der Waals surface area contributed by atoms with Crippen molar-refractivity contribution < 1.29 is 29.6 Å². The summed E-state index contributed by atoms with van der Waals surface area (Å²) in [6, 6.07) is 0. The summed E-state index contributed by atoms with van der Waals surface area (Å²) in [5.74, 6) is -2.59. The van der Waals surface area contributed by atoms with Gasteiger partial charge in [-0.1, -0.05) is 0 Å². The van der Waals surface area contributed by atoms with Gasteiger partial charge in [0, 0.05) is 0 Å². The third kappa shape index (κ3) is 1.23. The fraction of sp³-hybridized carbons (Fsp3) is 0.600.